The van der Waals surface area contributed by atoms with Crippen LogP contribution in [0.25, 0.3) is 120 Å². The molecule has 0 spiro atoms. The zero-order valence-electron chi connectivity index (χ0n) is 29.9. The van der Waals surface area contributed by atoms with Crippen molar-refractivity contribution in [3.63, 3.8) is 0 Å². The molecular weight excluding hydrogens is 703 g/mol. The number of hydrogen-bond acceptors (Lipinski definition) is 5. The van der Waals surface area contributed by atoms with Crippen molar-refractivity contribution in [1.29, 1.82) is 0 Å². The van der Waals surface area contributed by atoms with Gasteiger partial charge in [0.2, 0.25) is 0 Å². The summed E-state index contributed by atoms with van der Waals surface area (Å²) < 4.78 is 9.38. The van der Waals surface area contributed by atoms with Gasteiger partial charge in [0.1, 0.15) is 11.2 Å². The summed E-state index contributed by atoms with van der Waals surface area (Å²) in [6, 6.07) is 62.1. The predicted octanol–water partition coefficient (Wildman–Crippen LogP) is 14.3. The maximum atomic E-state index is 6.81. The van der Waals surface area contributed by atoms with Crippen molar-refractivity contribution in [3.8, 4) is 45.3 Å². The lowest BCUT2D eigenvalue weighted by Gasteiger charge is -2.10. The maximum absolute atomic E-state index is 6.81. The molecule has 56 heavy (non-hydrogen) atoms. The standard InChI is InChI=1S/C51H29N3OS/c1-3-12-33-27-36(21-19-30(33)9-1)49-52-50(37-22-20-31-10-2-4-13-34(31)28-37)54-51(53-49)41-17-8-18-43-46(41)40-16-7-15-39(48(40)55-43)35-24-25-44-42(29-35)47-38-14-6-5-11-32(38)23-26-45(47)56-44/h1-29H. The van der Waals surface area contributed by atoms with Gasteiger partial charge in [-0.3, -0.25) is 0 Å². The molecule has 0 aliphatic rings. The second-order valence-corrected chi connectivity index (χ2v) is 15.4. The number of fused-ring (bicyclic) bond motifs is 10. The Kier molecular flexibility index (Phi) is 6.76. The van der Waals surface area contributed by atoms with E-state index in [1.54, 1.807) is 0 Å². The molecule has 0 unspecified atom stereocenters. The van der Waals surface area contributed by atoms with Crippen LogP contribution in [-0.4, -0.2) is 15.0 Å². The predicted molar refractivity (Wildman–Crippen MR) is 234 cm³/mol. The van der Waals surface area contributed by atoms with Gasteiger partial charge >= 0.3 is 0 Å². The molecule has 0 fully saturated rings. The number of para-hydroxylation sites is 1. The molecule has 12 aromatic rings. The molecule has 260 valence electrons. The van der Waals surface area contributed by atoms with Crippen molar-refractivity contribution in [2.45, 2.75) is 0 Å². The van der Waals surface area contributed by atoms with E-state index in [4.69, 9.17) is 19.4 Å². The zero-order chi connectivity index (χ0) is 36.7. The molecule has 4 nitrogen and oxygen atoms in total. The van der Waals surface area contributed by atoms with Crippen molar-refractivity contribution in [1.82, 2.24) is 15.0 Å². The first-order valence-corrected chi connectivity index (χ1v) is 19.6. The second kappa shape index (κ2) is 12.2. The van der Waals surface area contributed by atoms with E-state index in [0.29, 0.717) is 17.5 Å². The molecule has 5 heteroatoms. The molecule has 0 aliphatic heterocycles. The van der Waals surface area contributed by atoms with Crippen LogP contribution in [0.15, 0.2) is 180 Å². The molecule has 12 rings (SSSR count). The fourth-order valence-electron chi connectivity index (χ4n) is 8.39. The third-order valence-corrected chi connectivity index (χ3v) is 12.2. The van der Waals surface area contributed by atoms with Crippen molar-refractivity contribution in [3.05, 3.63) is 176 Å². The summed E-state index contributed by atoms with van der Waals surface area (Å²) in [5, 5.41) is 11.7. The molecule has 0 radical (unpaired) electrons. The maximum Gasteiger partial charge on any atom is 0.164 e. The summed E-state index contributed by atoms with van der Waals surface area (Å²) in [7, 11) is 0. The zero-order valence-corrected chi connectivity index (χ0v) is 30.7. The van der Waals surface area contributed by atoms with E-state index in [2.05, 4.69) is 164 Å². The Morgan fingerprint density at radius 1 is 0.357 bits per heavy atom. The monoisotopic (exact) mass is 731 g/mol. The van der Waals surface area contributed by atoms with Gasteiger partial charge < -0.3 is 4.42 Å². The van der Waals surface area contributed by atoms with E-state index in [0.717, 1.165) is 60.5 Å². The highest BCUT2D eigenvalue weighted by Crippen LogP contribution is 2.44. The molecule has 0 bridgehead atoms. The Hall–Kier alpha value is -7.21. The highest BCUT2D eigenvalue weighted by Gasteiger charge is 2.20. The van der Waals surface area contributed by atoms with Gasteiger partial charge in [-0.25, -0.2) is 15.0 Å². The van der Waals surface area contributed by atoms with Gasteiger partial charge in [0.05, 0.1) is 0 Å². The lowest BCUT2D eigenvalue weighted by atomic mass is 9.98. The topological polar surface area (TPSA) is 51.8 Å². The third-order valence-electron chi connectivity index (χ3n) is 11.1. The minimum atomic E-state index is 0.600. The van der Waals surface area contributed by atoms with Crippen LogP contribution < -0.4 is 0 Å². The van der Waals surface area contributed by atoms with Gasteiger partial charge in [-0.15, -0.1) is 11.3 Å². The average Bonchev–Trinajstić information content (AvgIpc) is 3.84. The van der Waals surface area contributed by atoms with Crippen LogP contribution in [0, 0.1) is 0 Å². The van der Waals surface area contributed by atoms with Crippen LogP contribution >= 0.6 is 11.3 Å². The normalized spacial score (nSPS) is 11.9. The van der Waals surface area contributed by atoms with Crippen LogP contribution in [0.2, 0.25) is 0 Å². The lowest BCUT2D eigenvalue weighted by molar-refractivity contribution is 0.670. The molecule has 3 heterocycles. The Morgan fingerprint density at radius 2 is 0.929 bits per heavy atom. The van der Waals surface area contributed by atoms with Gasteiger partial charge in [0.25, 0.3) is 0 Å². The number of benzene rings is 9. The molecule has 3 aromatic heterocycles. The van der Waals surface area contributed by atoms with E-state index in [1.165, 1.54) is 41.7 Å². The van der Waals surface area contributed by atoms with Crippen LogP contribution in [0.1, 0.15) is 0 Å². The largest absolute Gasteiger partial charge is 0.455 e. The molecule has 0 aliphatic carbocycles. The molecule has 0 amide bonds. The fourth-order valence-corrected chi connectivity index (χ4v) is 9.49. The van der Waals surface area contributed by atoms with Gasteiger partial charge in [-0.2, -0.15) is 0 Å². The first-order valence-electron chi connectivity index (χ1n) is 18.8. The average molecular weight is 732 g/mol. The number of rotatable bonds is 4. The first kappa shape index (κ1) is 31.2. The minimum Gasteiger partial charge on any atom is -0.455 e. The van der Waals surface area contributed by atoms with Crippen LogP contribution in [0.5, 0.6) is 0 Å². The van der Waals surface area contributed by atoms with Crippen LogP contribution in [-0.2, 0) is 0 Å². The number of hydrogen-bond donors (Lipinski definition) is 0. The summed E-state index contributed by atoms with van der Waals surface area (Å²) >= 11 is 1.84. The van der Waals surface area contributed by atoms with E-state index >= 15 is 0 Å². The molecule has 0 saturated heterocycles. The van der Waals surface area contributed by atoms with Gasteiger partial charge in [-0.05, 0) is 74.3 Å². The Labute approximate surface area is 325 Å². The highest BCUT2D eigenvalue weighted by molar-refractivity contribution is 7.26. The third kappa shape index (κ3) is 4.88. The number of aromatic nitrogens is 3. The van der Waals surface area contributed by atoms with Gasteiger partial charge in [0.15, 0.2) is 17.5 Å². The van der Waals surface area contributed by atoms with Crippen molar-refractivity contribution < 1.29 is 4.42 Å². The Morgan fingerprint density at radius 3 is 1.68 bits per heavy atom. The fraction of sp³-hybridized carbons (Fsp3) is 0. The van der Waals surface area contributed by atoms with E-state index in [-0.39, 0.29) is 0 Å². The summed E-state index contributed by atoms with van der Waals surface area (Å²) in [5.41, 5.74) is 6.57. The molecule has 9 aromatic carbocycles. The van der Waals surface area contributed by atoms with Gasteiger partial charge in [-0.1, -0.05) is 140 Å². The van der Waals surface area contributed by atoms with Gasteiger partial charge in [0, 0.05) is 53.2 Å². The smallest absolute Gasteiger partial charge is 0.164 e. The number of thiophene rings is 1. The van der Waals surface area contributed by atoms with Crippen molar-refractivity contribution in [2.24, 2.45) is 0 Å². The van der Waals surface area contributed by atoms with Crippen LogP contribution in [0.4, 0.5) is 0 Å². The SMILES string of the molecule is c1ccc2cc(-c3nc(-c4ccc5ccccc5c4)nc(-c4cccc5oc6c(-c7ccc8sc9ccc%10ccccc%10c9c8c7)cccc6c45)n3)ccc2c1. The lowest BCUT2D eigenvalue weighted by Crippen LogP contribution is -2.00. The van der Waals surface area contributed by atoms with E-state index in [1.807, 2.05) is 23.5 Å². The number of nitrogens with zero attached hydrogens (tertiary/aromatic N) is 3. The Balaban J connectivity index is 1.07. The molecule has 0 saturated carbocycles. The van der Waals surface area contributed by atoms with Crippen LogP contribution in [0.3, 0.4) is 0 Å². The molecule has 0 N–H and O–H groups in total. The second-order valence-electron chi connectivity index (χ2n) is 14.4. The summed E-state index contributed by atoms with van der Waals surface area (Å²) in [4.78, 5) is 15.5. The first-order chi connectivity index (χ1) is 27.7. The summed E-state index contributed by atoms with van der Waals surface area (Å²) in [6.07, 6.45) is 0. The quantitative estimate of drug-likeness (QED) is 0.181. The number of furan rings is 1. The van der Waals surface area contributed by atoms with E-state index < -0.39 is 0 Å². The Bertz CT molecular complexity index is 3460. The highest BCUT2D eigenvalue weighted by atomic mass is 32.1. The minimum absolute atomic E-state index is 0.600. The van der Waals surface area contributed by atoms with Crippen molar-refractivity contribution in [2.75, 3.05) is 0 Å². The molecule has 0 atom stereocenters. The summed E-state index contributed by atoms with van der Waals surface area (Å²) in [6.45, 7) is 0. The molecular formula is C51H29N3OS. The summed E-state index contributed by atoms with van der Waals surface area (Å²) in [5.74, 6) is 1.85. The van der Waals surface area contributed by atoms with Crippen molar-refractivity contribution >= 4 is 85.8 Å². The van der Waals surface area contributed by atoms with E-state index in [9.17, 15) is 0 Å².